The van der Waals surface area contributed by atoms with Gasteiger partial charge >= 0.3 is 0 Å². The van der Waals surface area contributed by atoms with Crippen LogP contribution in [0.3, 0.4) is 0 Å². The molecule has 0 fully saturated rings. The van der Waals surface area contributed by atoms with Crippen LogP contribution in [0.4, 0.5) is 0 Å². The van der Waals surface area contributed by atoms with Gasteiger partial charge in [-0.2, -0.15) is 0 Å². The summed E-state index contributed by atoms with van der Waals surface area (Å²) in [4.78, 5) is 0. The Kier molecular flexibility index (Phi) is 5.20. The summed E-state index contributed by atoms with van der Waals surface area (Å²) in [7, 11) is 1.65. The minimum absolute atomic E-state index is 0.0514. The summed E-state index contributed by atoms with van der Waals surface area (Å²) in [5, 5.41) is 12.0. The van der Waals surface area contributed by atoms with Gasteiger partial charge < -0.3 is 9.84 Å². The van der Waals surface area contributed by atoms with E-state index in [-0.39, 0.29) is 5.92 Å². The van der Waals surface area contributed by atoms with Crippen molar-refractivity contribution < 1.29 is 9.84 Å². The van der Waals surface area contributed by atoms with Crippen LogP contribution in [0.25, 0.3) is 0 Å². The minimum atomic E-state index is -1.11. The number of benzene rings is 3. The second-order valence-corrected chi connectivity index (χ2v) is 6.23. The molecule has 2 nitrogen and oxygen atoms in total. The van der Waals surface area contributed by atoms with Gasteiger partial charge in [0, 0.05) is 5.92 Å². The fourth-order valence-corrected chi connectivity index (χ4v) is 3.56. The lowest BCUT2D eigenvalue weighted by molar-refractivity contribution is 0.0476. The molecule has 0 saturated carbocycles. The third-order valence-corrected chi connectivity index (χ3v) is 4.86. The average Bonchev–Trinajstić information content (AvgIpc) is 2.70. The number of rotatable bonds is 6. The Bertz CT molecular complexity index is 781. The van der Waals surface area contributed by atoms with Gasteiger partial charge in [0.25, 0.3) is 0 Å². The smallest absolute Gasteiger partial charge is 0.121 e. The summed E-state index contributed by atoms with van der Waals surface area (Å²) >= 11 is 0. The van der Waals surface area contributed by atoms with Crippen molar-refractivity contribution in [3.05, 3.63) is 102 Å². The highest BCUT2D eigenvalue weighted by atomic mass is 16.5. The highest BCUT2D eigenvalue weighted by Crippen LogP contribution is 2.44. The minimum Gasteiger partial charge on any atom is -0.497 e. The van der Waals surface area contributed by atoms with Crippen LogP contribution >= 0.6 is 0 Å². The summed E-state index contributed by atoms with van der Waals surface area (Å²) in [6, 6.07) is 27.9. The number of hydrogen-bond donors (Lipinski definition) is 1. The lowest BCUT2D eigenvalue weighted by Gasteiger charge is -2.37. The molecule has 25 heavy (non-hydrogen) atoms. The second kappa shape index (κ2) is 7.54. The first kappa shape index (κ1) is 17.2. The molecule has 2 heteroatoms. The van der Waals surface area contributed by atoms with E-state index < -0.39 is 5.60 Å². The largest absolute Gasteiger partial charge is 0.497 e. The van der Waals surface area contributed by atoms with Gasteiger partial charge in [-0.3, -0.25) is 0 Å². The standard InChI is InChI=1S/C23H24O2/c1-3-22(18-10-6-4-7-11-18)23(24,19-12-8-5-9-13-19)20-14-16-21(25-2)17-15-20/h4-17,22,24H,3H2,1-2H3/t22-,23-/m1/s1. The van der Waals surface area contributed by atoms with Gasteiger partial charge in [0.05, 0.1) is 7.11 Å². The van der Waals surface area contributed by atoms with Crippen LogP contribution in [0.5, 0.6) is 5.75 Å². The average molecular weight is 332 g/mol. The van der Waals surface area contributed by atoms with Crippen molar-refractivity contribution in [2.75, 3.05) is 7.11 Å². The molecule has 0 aromatic heterocycles. The van der Waals surface area contributed by atoms with Crippen LogP contribution in [0.1, 0.15) is 36.0 Å². The number of methoxy groups -OCH3 is 1. The maximum absolute atomic E-state index is 12.0. The lowest BCUT2D eigenvalue weighted by atomic mass is 9.72. The molecule has 3 aromatic carbocycles. The van der Waals surface area contributed by atoms with Gasteiger partial charge in [0.2, 0.25) is 0 Å². The molecule has 3 rings (SSSR count). The third-order valence-electron chi connectivity index (χ3n) is 4.86. The van der Waals surface area contributed by atoms with Crippen LogP contribution in [0.15, 0.2) is 84.9 Å². The van der Waals surface area contributed by atoms with E-state index in [1.54, 1.807) is 7.11 Å². The Labute approximate surface area is 149 Å². The molecule has 0 saturated heterocycles. The van der Waals surface area contributed by atoms with E-state index in [2.05, 4.69) is 19.1 Å². The molecule has 0 aliphatic rings. The Balaban J connectivity index is 2.17. The molecule has 0 spiro atoms. The van der Waals surface area contributed by atoms with Crippen molar-refractivity contribution >= 4 is 0 Å². The Morgan fingerprint density at radius 2 is 1.32 bits per heavy atom. The lowest BCUT2D eigenvalue weighted by Crippen LogP contribution is -2.34. The summed E-state index contributed by atoms with van der Waals surface area (Å²) in [6.07, 6.45) is 0.821. The zero-order valence-electron chi connectivity index (χ0n) is 14.7. The van der Waals surface area contributed by atoms with E-state index in [4.69, 9.17) is 4.74 Å². The van der Waals surface area contributed by atoms with Crippen LogP contribution in [-0.2, 0) is 5.60 Å². The molecule has 0 amide bonds. The molecule has 128 valence electrons. The summed E-state index contributed by atoms with van der Waals surface area (Å²) < 4.78 is 5.28. The Morgan fingerprint density at radius 1 is 0.800 bits per heavy atom. The highest BCUT2D eigenvalue weighted by Gasteiger charge is 2.40. The van der Waals surface area contributed by atoms with E-state index in [1.807, 2.05) is 72.8 Å². The predicted octanol–water partition coefficient (Wildman–Crippen LogP) is 5.12. The van der Waals surface area contributed by atoms with Crippen molar-refractivity contribution in [2.45, 2.75) is 24.9 Å². The highest BCUT2D eigenvalue weighted by molar-refractivity contribution is 5.43. The van der Waals surface area contributed by atoms with Gasteiger partial charge in [0.15, 0.2) is 0 Å². The monoisotopic (exact) mass is 332 g/mol. The molecular formula is C23H24O2. The van der Waals surface area contributed by atoms with Crippen molar-refractivity contribution in [3.8, 4) is 5.75 Å². The Morgan fingerprint density at radius 3 is 1.84 bits per heavy atom. The fourth-order valence-electron chi connectivity index (χ4n) is 3.56. The molecule has 0 bridgehead atoms. The molecule has 2 atom stereocenters. The molecule has 1 N–H and O–H groups in total. The van der Waals surface area contributed by atoms with E-state index in [1.165, 1.54) is 0 Å². The first-order chi connectivity index (χ1) is 12.2. The summed E-state index contributed by atoms with van der Waals surface area (Å²) in [5.74, 6) is 0.733. The predicted molar refractivity (Wildman–Crippen MR) is 102 cm³/mol. The van der Waals surface area contributed by atoms with Gasteiger partial charge in [0.1, 0.15) is 11.4 Å². The molecular weight excluding hydrogens is 308 g/mol. The van der Waals surface area contributed by atoms with E-state index in [0.717, 1.165) is 28.9 Å². The van der Waals surface area contributed by atoms with Crippen LogP contribution in [-0.4, -0.2) is 12.2 Å². The number of aliphatic hydroxyl groups is 1. The molecule has 0 aliphatic carbocycles. The van der Waals surface area contributed by atoms with Crippen molar-refractivity contribution in [2.24, 2.45) is 0 Å². The molecule has 0 aliphatic heterocycles. The third kappa shape index (κ3) is 3.31. The number of ether oxygens (including phenoxy) is 1. The van der Waals surface area contributed by atoms with Gasteiger partial charge in [-0.05, 0) is 35.2 Å². The van der Waals surface area contributed by atoms with Gasteiger partial charge in [-0.15, -0.1) is 0 Å². The van der Waals surface area contributed by atoms with Crippen molar-refractivity contribution in [1.29, 1.82) is 0 Å². The quantitative estimate of drug-likeness (QED) is 0.678. The van der Waals surface area contributed by atoms with Crippen LogP contribution < -0.4 is 4.74 Å². The maximum Gasteiger partial charge on any atom is 0.121 e. The normalized spacial score (nSPS) is 14.5. The molecule has 0 heterocycles. The van der Waals surface area contributed by atoms with E-state index in [9.17, 15) is 5.11 Å². The number of hydrogen-bond acceptors (Lipinski definition) is 2. The van der Waals surface area contributed by atoms with E-state index in [0.29, 0.717) is 0 Å². The zero-order valence-corrected chi connectivity index (χ0v) is 14.7. The van der Waals surface area contributed by atoms with Gasteiger partial charge in [-0.1, -0.05) is 79.7 Å². The van der Waals surface area contributed by atoms with Crippen LogP contribution in [0, 0.1) is 0 Å². The van der Waals surface area contributed by atoms with Crippen LogP contribution in [0.2, 0.25) is 0 Å². The maximum atomic E-state index is 12.0. The van der Waals surface area contributed by atoms with Crippen molar-refractivity contribution in [1.82, 2.24) is 0 Å². The second-order valence-electron chi connectivity index (χ2n) is 6.23. The summed E-state index contributed by atoms with van der Waals surface area (Å²) in [6.45, 7) is 2.12. The molecule has 3 aromatic rings. The fraction of sp³-hybridized carbons (Fsp3) is 0.217. The first-order valence-corrected chi connectivity index (χ1v) is 8.67. The van der Waals surface area contributed by atoms with E-state index >= 15 is 0 Å². The first-order valence-electron chi connectivity index (χ1n) is 8.67. The summed E-state index contributed by atoms with van der Waals surface area (Å²) in [5.41, 5.74) is 1.79. The zero-order chi connectivity index (χ0) is 17.7. The molecule has 0 unspecified atom stereocenters. The topological polar surface area (TPSA) is 29.5 Å². The SMILES string of the molecule is CC[C@H](c1ccccc1)[C@@](O)(c1ccccc1)c1ccc(OC)cc1. The van der Waals surface area contributed by atoms with Gasteiger partial charge in [-0.25, -0.2) is 0 Å². The Hall–Kier alpha value is -2.58. The van der Waals surface area contributed by atoms with Crippen molar-refractivity contribution in [3.63, 3.8) is 0 Å². The molecule has 0 radical (unpaired) electrons.